The summed E-state index contributed by atoms with van der Waals surface area (Å²) in [7, 11) is 0. The van der Waals surface area contributed by atoms with Gasteiger partial charge in [-0.05, 0) is 37.9 Å². The zero-order valence-corrected chi connectivity index (χ0v) is 13.4. The van der Waals surface area contributed by atoms with Gasteiger partial charge in [0.25, 0.3) is 0 Å². The molecule has 1 unspecified atom stereocenters. The molecule has 3 N–H and O–H groups in total. The predicted octanol–water partition coefficient (Wildman–Crippen LogP) is 1.10. The van der Waals surface area contributed by atoms with Gasteiger partial charge >= 0.3 is 0 Å². The van der Waals surface area contributed by atoms with Crippen LogP contribution in [-0.2, 0) is 11.3 Å². The molecule has 118 valence electrons. The van der Waals surface area contributed by atoms with Gasteiger partial charge in [0.1, 0.15) is 0 Å². The van der Waals surface area contributed by atoms with Gasteiger partial charge in [0, 0.05) is 32.4 Å². The molecule has 1 aromatic heterocycles. The second-order valence-electron chi connectivity index (χ2n) is 5.48. The molecule has 1 saturated heterocycles. The quantitative estimate of drug-likeness (QED) is 0.854. The predicted molar refractivity (Wildman–Crippen MR) is 86.3 cm³/mol. The number of hydrogen-bond donors (Lipinski definition) is 2. The summed E-state index contributed by atoms with van der Waals surface area (Å²) in [6.45, 7) is 5.77. The van der Waals surface area contributed by atoms with E-state index >= 15 is 0 Å². The Kier molecular flexibility index (Phi) is 7.64. The Hall–Kier alpha value is -1.17. The van der Waals surface area contributed by atoms with Crippen LogP contribution in [0.25, 0.3) is 0 Å². The molecule has 2 rings (SSSR count). The smallest absolute Gasteiger partial charge is 0.224 e. The Morgan fingerprint density at radius 3 is 3.00 bits per heavy atom. The average molecular weight is 313 g/mol. The number of carbonyl (C=O) groups is 1. The monoisotopic (exact) mass is 312 g/mol. The Morgan fingerprint density at radius 2 is 2.33 bits per heavy atom. The van der Waals surface area contributed by atoms with Gasteiger partial charge in [-0.1, -0.05) is 6.07 Å². The fraction of sp³-hybridized carbons (Fsp3) is 0.600. The van der Waals surface area contributed by atoms with E-state index in [1.54, 1.807) is 0 Å². The second kappa shape index (κ2) is 8.97. The molecule has 6 heteroatoms. The summed E-state index contributed by atoms with van der Waals surface area (Å²) in [5.74, 6) is 0.220. The van der Waals surface area contributed by atoms with E-state index < -0.39 is 0 Å². The van der Waals surface area contributed by atoms with E-state index in [0.717, 1.165) is 38.2 Å². The second-order valence-corrected chi connectivity index (χ2v) is 5.48. The van der Waals surface area contributed by atoms with Gasteiger partial charge in [0.05, 0.1) is 11.6 Å². The van der Waals surface area contributed by atoms with Crippen molar-refractivity contribution in [2.75, 3.05) is 26.2 Å². The van der Waals surface area contributed by atoms with Crippen LogP contribution >= 0.6 is 12.4 Å². The molecule has 0 spiro atoms. The minimum Gasteiger partial charge on any atom is -0.355 e. The van der Waals surface area contributed by atoms with E-state index in [4.69, 9.17) is 5.73 Å². The Bertz CT molecular complexity index is 438. The summed E-state index contributed by atoms with van der Waals surface area (Å²) in [5.41, 5.74) is 7.66. The van der Waals surface area contributed by atoms with Crippen molar-refractivity contribution < 1.29 is 4.79 Å². The lowest BCUT2D eigenvalue weighted by atomic mass is 9.97. The molecular formula is C15H25ClN4O. The van der Waals surface area contributed by atoms with Gasteiger partial charge in [-0.25, -0.2) is 0 Å². The Morgan fingerprint density at radius 1 is 1.52 bits per heavy atom. The van der Waals surface area contributed by atoms with Crippen molar-refractivity contribution in [3.63, 3.8) is 0 Å². The van der Waals surface area contributed by atoms with Crippen molar-refractivity contribution in [3.05, 3.63) is 29.6 Å². The lowest BCUT2D eigenvalue weighted by Crippen LogP contribution is -2.43. The van der Waals surface area contributed by atoms with Gasteiger partial charge < -0.3 is 11.1 Å². The number of hydrogen-bond acceptors (Lipinski definition) is 4. The maximum Gasteiger partial charge on any atom is 0.224 e. The molecule has 1 aromatic rings. The first kappa shape index (κ1) is 17.9. The highest BCUT2D eigenvalue weighted by molar-refractivity contribution is 5.85. The number of aryl methyl sites for hydroxylation is 1. The summed E-state index contributed by atoms with van der Waals surface area (Å²) >= 11 is 0. The average Bonchev–Trinajstić information content (AvgIpc) is 2.47. The largest absolute Gasteiger partial charge is 0.355 e. The Balaban J connectivity index is 0.00000220. The van der Waals surface area contributed by atoms with Crippen LogP contribution in [0.4, 0.5) is 0 Å². The zero-order chi connectivity index (χ0) is 14.4. The number of aromatic nitrogens is 1. The third kappa shape index (κ3) is 5.61. The van der Waals surface area contributed by atoms with Crippen LogP contribution in [0.1, 0.15) is 24.1 Å². The summed E-state index contributed by atoms with van der Waals surface area (Å²) in [4.78, 5) is 18.7. The molecule has 1 aliphatic heterocycles. The molecule has 0 saturated carbocycles. The normalized spacial score (nSPS) is 18.9. The number of rotatable bonds is 5. The van der Waals surface area contributed by atoms with Crippen molar-refractivity contribution in [2.24, 2.45) is 11.7 Å². The van der Waals surface area contributed by atoms with Gasteiger partial charge in [0.15, 0.2) is 0 Å². The van der Waals surface area contributed by atoms with Crippen LogP contribution in [0.5, 0.6) is 0 Å². The van der Waals surface area contributed by atoms with Crippen LogP contribution in [-0.4, -0.2) is 42.0 Å². The summed E-state index contributed by atoms with van der Waals surface area (Å²) in [5, 5.41) is 2.89. The van der Waals surface area contributed by atoms with Gasteiger partial charge in [-0.3, -0.25) is 14.7 Å². The van der Waals surface area contributed by atoms with E-state index in [1.807, 2.05) is 13.1 Å². The first-order valence-corrected chi connectivity index (χ1v) is 7.30. The lowest BCUT2D eigenvalue weighted by molar-refractivity contribution is -0.126. The topological polar surface area (TPSA) is 71.2 Å². The Labute approximate surface area is 132 Å². The number of halogens is 1. The number of likely N-dealkylation sites (tertiary alicyclic amines) is 1. The third-order valence-electron chi connectivity index (χ3n) is 3.68. The van der Waals surface area contributed by atoms with Gasteiger partial charge in [0.2, 0.25) is 5.91 Å². The van der Waals surface area contributed by atoms with E-state index in [1.165, 1.54) is 5.56 Å². The molecule has 0 aromatic carbocycles. The highest BCUT2D eigenvalue weighted by atomic mass is 35.5. The van der Waals surface area contributed by atoms with Crippen molar-refractivity contribution in [1.29, 1.82) is 0 Å². The lowest BCUT2D eigenvalue weighted by Gasteiger charge is -2.31. The molecule has 1 atom stereocenters. The van der Waals surface area contributed by atoms with Gasteiger partial charge in [-0.2, -0.15) is 0 Å². The summed E-state index contributed by atoms with van der Waals surface area (Å²) < 4.78 is 0. The van der Waals surface area contributed by atoms with E-state index in [-0.39, 0.29) is 24.2 Å². The van der Waals surface area contributed by atoms with E-state index in [0.29, 0.717) is 13.1 Å². The number of nitrogens with zero attached hydrogens (tertiary/aromatic N) is 2. The number of amides is 1. The van der Waals surface area contributed by atoms with Crippen LogP contribution < -0.4 is 11.1 Å². The fourth-order valence-electron chi connectivity index (χ4n) is 2.57. The highest BCUT2D eigenvalue weighted by Crippen LogP contribution is 2.18. The summed E-state index contributed by atoms with van der Waals surface area (Å²) in [6.07, 6.45) is 3.92. The SMILES string of the molecule is Cc1ccc(CN2CCCC(C(=O)NCCN)C2)nc1.Cl. The first-order valence-electron chi connectivity index (χ1n) is 7.30. The standard InChI is InChI=1S/C15H24N4O.ClH/c1-12-4-5-14(18-9-12)11-19-8-2-3-13(10-19)15(20)17-7-6-16;/h4-5,9,13H,2-3,6-8,10-11,16H2,1H3,(H,17,20);1H. The number of nitrogens with two attached hydrogens (primary N) is 1. The third-order valence-corrected chi connectivity index (χ3v) is 3.68. The molecule has 1 amide bonds. The minimum absolute atomic E-state index is 0. The number of carbonyl (C=O) groups excluding carboxylic acids is 1. The molecule has 1 aliphatic rings. The minimum atomic E-state index is 0. The molecule has 5 nitrogen and oxygen atoms in total. The zero-order valence-electron chi connectivity index (χ0n) is 12.5. The first-order chi connectivity index (χ1) is 9.69. The fourth-order valence-corrected chi connectivity index (χ4v) is 2.57. The van der Waals surface area contributed by atoms with Crippen molar-refractivity contribution >= 4 is 18.3 Å². The molecule has 2 heterocycles. The summed E-state index contributed by atoms with van der Waals surface area (Å²) in [6, 6.07) is 4.14. The van der Waals surface area contributed by atoms with Crippen molar-refractivity contribution in [1.82, 2.24) is 15.2 Å². The highest BCUT2D eigenvalue weighted by Gasteiger charge is 2.25. The molecular weight excluding hydrogens is 288 g/mol. The molecule has 1 fully saturated rings. The maximum atomic E-state index is 12.0. The maximum absolute atomic E-state index is 12.0. The van der Waals surface area contributed by atoms with Crippen molar-refractivity contribution in [2.45, 2.75) is 26.3 Å². The molecule has 0 bridgehead atoms. The van der Waals surface area contributed by atoms with E-state index in [9.17, 15) is 4.79 Å². The number of pyridine rings is 1. The number of piperidine rings is 1. The number of nitrogens with one attached hydrogen (secondary N) is 1. The van der Waals surface area contributed by atoms with Gasteiger partial charge in [-0.15, -0.1) is 12.4 Å². The van der Waals surface area contributed by atoms with E-state index in [2.05, 4.69) is 27.3 Å². The molecule has 0 radical (unpaired) electrons. The molecule has 21 heavy (non-hydrogen) atoms. The van der Waals surface area contributed by atoms with Crippen LogP contribution in [0, 0.1) is 12.8 Å². The van der Waals surface area contributed by atoms with Crippen molar-refractivity contribution in [3.8, 4) is 0 Å². The van der Waals surface area contributed by atoms with Crippen LogP contribution in [0.2, 0.25) is 0 Å². The van der Waals surface area contributed by atoms with Crippen LogP contribution in [0.15, 0.2) is 18.3 Å². The van der Waals surface area contributed by atoms with Crippen LogP contribution in [0.3, 0.4) is 0 Å². The molecule has 0 aliphatic carbocycles.